The van der Waals surface area contributed by atoms with Gasteiger partial charge in [0.2, 0.25) is 0 Å². The van der Waals surface area contributed by atoms with E-state index in [1.165, 1.54) is 6.92 Å². The Labute approximate surface area is 75.3 Å². The van der Waals surface area contributed by atoms with Gasteiger partial charge in [0.1, 0.15) is 6.54 Å². The lowest BCUT2D eigenvalue weighted by atomic mass is 10.4. The van der Waals surface area contributed by atoms with E-state index in [2.05, 4.69) is 16.6 Å². The fourth-order valence-corrected chi connectivity index (χ4v) is 0.394. The molecular weight excluding hydrogens is 174 g/mol. The number of ether oxygens (including phenoxy) is 1. The second-order valence-electron chi connectivity index (χ2n) is 2.31. The van der Waals surface area contributed by atoms with Crippen LogP contribution < -0.4 is 11.1 Å². The molecule has 0 amide bonds. The van der Waals surface area contributed by atoms with Crippen molar-refractivity contribution in [3.05, 3.63) is 12.2 Å². The van der Waals surface area contributed by atoms with Crippen molar-refractivity contribution >= 4 is 17.9 Å². The fourth-order valence-electron chi connectivity index (χ4n) is 0.394. The number of rotatable bonds is 3. The number of guanidine groups is 1. The van der Waals surface area contributed by atoms with E-state index in [9.17, 15) is 9.59 Å². The fraction of sp³-hybridized carbons (Fsp3) is 0.286. The van der Waals surface area contributed by atoms with E-state index in [0.29, 0.717) is 0 Å². The molecule has 0 bridgehead atoms. The smallest absolute Gasteiger partial charge is 0.340 e. The summed E-state index contributed by atoms with van der Waals surface area (Å²) in [6, 6.07) is 0. The molecule has 0 saturated heterocycles. The first-order chi connectivity index (χ1) is 5.93. The summed E-state index contributed by atoms with van der Waals surface area (Å²) in [6.45, 7) is 4.40. The van der Waals surface area contributed by atoms with Crippen LogP contribution in [-0.2, 0) is 14.3 Å². The minimum Gasteiger partial charge on any atom is -0.388 e. The van der Waals surface area contributed by atoms with Crippen LogP contribution in [0.5, 0.6) is 0 Å². The molecule has 0 aromatic heterocycles. The average molecular weight is 185 g/mol. The van der Waals surface area contributed by atoms with Crippen LogP contribution in [0.3, 0.4) is 0 Å². The van der Waals surface area contributed by atoms with Crippen molar-refractivity contribution in [2.24, 2.45) is 5.73 Å². The van der Waals surface area contributed by atoms with Gasteiger partial charge in [0.15, 0.2) is 5.96 Å². The minimum atomic E-state index is -0.803. The van der Waals surface area contributed by atoms with Gasteiger partial charge in [0, 0.05) is 5.57 Å². The Balaban J connectivity index is 3.82. The minimum absolute atomic E-state index is 0.135. The Morgan fingerprint density at radius 1 is 1.62 bits per heavy atom. The maximum absolute atomic E-state index is 10.8. The predicted octanol–water partition coefficient (Wildman–Crippen LogP) is -0.885. The number of hydrogen-bond donors (Lipinski definition) is 3. The van der Waals surface area contributed by atoms with E-state index in [0.717, 1.165) is 0 Å². The number of nitrogens with two attached hydrogens (primary N) is 1. The lowest BCUT2D eigenvalue weighted by Crippen LogP contribution is -2.36. The van der Waals surface area contributed by atoms with Crippen molar-refractivity contribution in [2.45, 2.75) is 6.92 Å². The first-order valence-corrected chi connectivity index (χ1v) is 3.42. The van der Waals surface area contributed by atoms with Crippen molar-refractivity contribution in [1.82, 2.24) is 5.32 Å². The van der Waals surface area contributed by atoms with E-state index in [-0.39, 0.29) is 18.1 Å². The quantitative estimate of drug-likeness (QED) is 0.174. The number of esters is 2. The van der Waals surface area contributed by atoms with Crippen LogP contribution in [0.25, 0.3) is 0 Å². The van der Waals surface area contributed by atoms with Crippen LogP contribution in [0.1, 0.15) is 6.92 Å². The third-order valence-corrected chi connectivity index (χ3v) is 0.978. The Hall–Kier alpha value is -1.85. The molecule has 6 heteroatoms. The van der Waals surface area contributed by atoms with E-state index in [1.807, 2.05) is 0 Å². The van der Waals surface area contributed by atoms with Gasteiger partial charge in [-0.1, -0.05) is 6.58 Å². The van der Waals surface area contributed by atoms with Gasteiger partial charge in [-0.25, -0.2) is 9.59 Å². The van der Waals surface area contributed by atoms with Crippen LogP contribution in [0.2, 0.25) is 0 Å². The van der Waals surface area contributed by atoms with Crippen molar-refractivity contribution in [3.8, 4) is 0 Å². The van der Waals surface area contributed by atoms with Crippen LogP contribution >= 0.6 is 0 Å². The summed E-state index contributed by atoms with van der Waals surface area (Å²) in [5.41, 5.74) is 5.03. The average Bonchev–Trinajstić information content (AvgIpc) is 2.00. The van der Waals surface area contributed by atoms with Crippen molar-refractivity contribution in [2.75, 3.05) is 6.54 Å². The topological polar surface area (TPSA) is 105 Å². The molecule has 13 heavy (non-hydrogen) atoms. The molecule has 0 heterocycles. The number of carbonyl (C=O) groups is 2. The van der Waals surface area contributed by atoms with Gasteiger partial charge in [-0.15, -0.1) is 0 Å². The summed E-state index contributed by atoms with van der Waals surface area (Å²) in [4.78, 5) is 21.5. The van der Waals surface area contributed by atoms with Crippen LogP contribution in [-0.4, -0.2) is 24.4 Å². The Bertz CT molecular complexity index is 260. The Morgan fingerprint density at radius 3 is 2.54 bits per heavy atom. The molecule has 0 aliphatic rings. The van der Waals surface area contributed by atoms with E-state index in [1.54, 1.807) is 0 Å². The van der Waals surface area contributed by atoms with Gasteiger partial charge >= 0.3 is 11.9 Å². The summed E-state index contributed by atoms with van der Waals surface area (Å²) in [6.07, 6.45) is 0. The molecule has 6 nitrogen and oxygen atoms in total. The van der Waals surface area contributed by atoms with Gasteiger partial charge in [0.25, 0.3) is 0 Å². The highest BCUT2D eigenvalue weighted by Gasteiger charge is 2.10. The summed E-state index contributed by atoms with van der Waals surface area (Å²) in [7, 11) is 0. The normalized spacial score (nSPS) is 8.69. The van der Waals surface area contributed by atoms with E-state index in [4.69, 9.17) is 11.1 Å². The zero-order chi connectivity index (χ0) is 10.4. The first kappa shape index (κ1) is 11.2. The molecular formula is C7H11N3O3. The highest BCUT2D eigenvalue weighted by atomic mass is 16.6. The molecule has 0 radical (unpaired) electrons. The van der Waals surface area contributed by atoms with Gasteiger partial charge in [-0.05, 0) is 6.92 Å². The largest absolute Gasteiger partial charge is 0.388 e. The zero-order valence-electron chi connectivity index (χ0n) is 7.22. The standard InChI is InChI=1S/C7H11N3O3/c1-4(2)6(12)13-5(11)3-10-7(8)9/h1,3H2,2H3,(H4,8,9,10). The molecule has 0 aliphatic carbocycles. The van der Waals surface area contributed by atoms with Crippen molar-refractivity contribution in [3.63, 3.8) is 0 Å². The zero-order valence-corrected chi connectivity index (χ0v) is 7.22. The Kier molecular flexibility index (Phi) is 4.21. The molecule has 0 unspecified atom stereocenters. The third-order valence-electron chi connectivity index (χ3n) is 0.978. The van der Waals surface area contributed by atoms with Crippen molar-refractivity contribution in [1.29, 1.82) is 5.41 Å². The maximum Gasteiger partial charge on any atom is 0.340 e. The molecule has 0 saturated carbocycles. The highest BCUT2D eigenvalue weighted by Crippen LogP contribution is 1.91. The van der Waals surface area contributed by atoms with Gasteiger partial charge in [0.05, 0.1) is 0 Å². The second kappa shape index (κ2) is 4.91. The number of nitrogens with one attached hydrogen (secondary N) is 2. The Morgan fingerprint density at radius 2 is 2.15 bits per heavy atom. The molecule has 0 aliphatic heterocycles. The molecule has 0 atom stereocenters. The molecule has 0 rings (SSSR count). The number of hydrogen-bond acceptors (Lipinski definition) is 4. The van der Waals surface area contributed by atoms with E-state index < -0.39 is 11.9 Å². The van der Waals surface area contributed by atoms with Crippen LogP contribution in [0.4, 0.5) is 0 Å². The second-order valence-corrected chi connectivity index (χ2v) is 2.31. The molecule has 0 aromatic rings. The lowest BCUT2D eigenvalue weighted by Gasteiger charge is -2.03. The monoisotopic (exact) mass is 185 g/mol. The maximum atomic E-state index is 10.8. The number of carbonyl (C=O) groups excluding carboxylic acids is 2. The molecule has 72 valence electrons. The SMILES string of the molecule is C=C(C)C(=O)OC(=O)CNC(=N)N. The third kappa shape index (κ3) is 5.42. The van der Waals surface area contributed by atoms with Crippen LogP contribution in [0, 0.1) is 5.41 Å². The van der Waals surface area contributed by atoms with Crippen molar-refractivity contribution < 1.29 is 14.3 Å². The lowest BCUT2D eigenvalue weighted by molar-refractivity contribution is -0.155. The summed E-state index contributed by atoms with van der Waals surface area (Å²) < 4.78 is 4.27. The summed E-state index contributed by atoms with van der Waals surface area (Å²) >= 11 is 0. The first-order valence-electron chi connectivity index (χ1n) is 3.42. The van der Waals surface area contributed by atoms with E-state index >= 15 is 0 Å². The molecule has 0 aromatic carbocycles. The van der Waals surface area contributed by atoms with Gasteiger partial charge in [-0.2, -0.15) is 0 Å². The molecule has 0 fully saturated rings. The predicted molar refractivity (Wildman–Crippen MR) is 45.8 cm³/mol. The summed E-state index contributed by atoms with van der Waals surface area (Å²) in [5.74, 6) is -1.95. The molecule has 4 N–H and O–H groups in total. The van der Waals surface area contributed by atoms with Gasteiger partial charge < -0.3 is 15.8 Å². The highest BCUT2D eigenvalue weighted by molar-refractivity contribution is 5.96. The van der Waals surface area contributed by atoms with Gasteiger partial charge in [-0.3, -0.25) is 5.41 Å². The molecule has 0 spiro atoms. The van der Waals surface area contributed by atoms with Crippen LogP contribution in [0.15, 0.2) is 12.2 Å². The summed E-state index contributed by atoms with van der Waals surface area (Å²) in [5, 5.41) is 8.91.